The predicted molar refractivity (Wildman–Crippen MR) is 105 cm³/mol. The molecule has 3 aromatic rings. The Morgan fingerprint density at radius 3 is 2.52 bits per heavy atom. The van der Waals surface area contributed by atoms with Crippen molar-refractivity contribution in [3.05, 3.63) is 59.3 Å². The molecule has 3 rings (SSSR count). The lowest BCUT2D eigenvalue weighted by Crippen LogP contribution is -2.15. The molecule has 7 heteroatoms. The van der Waals surface area contributed by atoms with Gasteiger partial charge in [-0.05, 0) is 51.5 Å². The Morgan fingerprint density at radius 2 is 1.85 bits per heavy atom. The van der Waals surface area contributed by atoms with Crippen molar-refractivity contribution in [2.75, 3.05) is 11.3 Å². The number of nitrogens with one attached hydrogen (secondary N) is 1. The van der Waals surface area contributed by atoms with Crippen LogP contribution in [0, 0.1) is 20.8 Å². The van der Waals surface area contributed by atoms with E-state index in [9.17, 15) is 8.42 Å². The van der Waals surface area contributed by atoms with Crippen LogP contribution in [-0.4, -0.2) is 20.2 Å². The third-order valence-corrected chi connectivity index (χ3v) is 5.84. The predicted octanol–water partition coefficient (Wildman–Crippen LogP) is 4.47. The first-order valence-corrected chi connectivity index (χ1v) is 10.1. The van der Waals surface area contributed by atoms with Crippen molar-refractivity contribution in [2.45, 2.75) is 32.6 Å². The number of sulfonamides is 1. The maximum absolute atomic E-state index is 13.0. The number of aryl methyl sites for hydroxylation is 2. The van der Waals surface area contributed by atoms with Crippen molar-refractivity contribution in [3.8, 4) is 17.1 Å². The number of nitrogens with zero attached hydrogens (tertiary/aromatic N) is 1. The lowest BCUT2D eigenvalue weighted by molar-refractivity contribution is 0.342. The van der Waals surface area contributed by atoms with Gasteiger partial charge in [0.25, 0.3) is 10.0 Å². The van der Waals surface area contributed by atoms with Gasteiger partial charge in [0, 0.05) is 11.1 Å². The fourth-order valence-corrected chi connectivity index (χ4v) is 4.09. The van der Waals surface area contributed by atoms with Crippen LogP contribution in [0.1, 0.15) is 23.7 Å². The first kappa shape index (κ1) is 19.0. The van der Waals surface area contributed by atoms with E-state index in [1.54, 1.807) is 43.3 Å². The first-order valence-electron chi connectivity index (χ1n) is 8.62. The zero-order chi connectivity index (χ0) is 19.6. The van der Waals surface area contributed by atoms with Crippen LogP contribution in [0.3, 0.4) is 0 Å². The molecule has 2 aromatic carbocycles. The number of hydrogen-bond donors (Lipinski definition) is 1. The van der Waals surface area contributed by atoms with Crippen molar-refractivity contribution in [1.29, 1.82) is 0 Å². The average Bonchev–Trinajstić information content (AvgIpc) is 2.96. The summed E-state index contributed by atoms with van der Waals surface area (Å²) < 4.78 is 39.6. The number of ether oxygens (including phenoxy) is 1. The molecular weight excluding hydrogens is 364 g/mol. The second-order valence-corrected chi connectivity index (χ2v) is 7.89. The zero-order valence-electron chi connectivity index (χ0n) is 15.7. The first-order chi connectivity index (χ1) is 12.8. The van der Waals surface area contributed by atoms with Crippen LogP contribution in [0.25, 0.3) is 11.3 Å². The molecule has 0 saturated heterocycles. The topological polar surface area (TPSA) is 81.4 Å². The molecule has 0 saturated carbocycles. The fraction of sp³-hybridized carbons (Fsp3) is 0.250. The van der Waals surface area contributed by atoms with E-state index >= 15 is 0 Å². The highest BCUT2D eigenvalue weighted by Crippen LogP contribution is 2.31. The molecule has 27 heavy (non-hydrogen) atoms. The fourth-order valence-electron chi connectivity index (χ4n) is 2.75. The summed E-state index contributed by atoms with van der Waals surface area (Å²) in [6, 6.07) is 12.1. The Labute approximate surface area is 159 Å². The minimum atomic E-state index is -3.81. The molecule has 0 unspecified atom stereocenters. The largest absolute Gasteiger partial charge is 0.492 e. The summed E-state index contributed by atoms with van der Waals surface area (Å²) in [5.74, 6) is 1.05. The van der Waals surface area contributed by atoms with Gasteiger partial charge in [0.15, 0.2) is 5.76 Å². The molecule has 0 spiro atoms. The number of rotatable bonds is 6. The van der Waals surface area contributed by atoms with Crippen LogP contribution in [0.2, 0.25) is 0 Å². The number of aromatic nitrogens is 1. The highest BCUT2D eigenvalue weighted by Gasteiger charge is 2.21. The lowest BCUT2D eigenvalue weighted by Gasteiger charge is -2.14. The third-order valence-electron chi connectivity index (χ3n) is 4.33. The van der Waals surface area contributed by atoms with E-state index in [1.807, 2.05) is 26.8 Å². The van der Waals surface area contributed by atoms with Gasteiger partial charge in [-0.25, -0.2) is 8.42 Å². The standard InChI is InChI=1S/C20H22N2O4S/c1-5-25-18-9-7-6-8-17(18)22-27(23,24)19-12-16(11-10-13(19)2)20-14(3)15(4)21-26-20/h6-12,22H,5H2,1-4H3. The quantitative estimate of drug-likeness (QED) is 0.676. The van der Waals surface area contributed by atoms with Crippen LogP contribution < -0.4 is 9.46 Å². The minimum Gasteiger partial charge on any atom is -0.492 e. The molecule has 1 aromatic heterocycles. The summed E-state index contributed by atoms with van der Waals surface area (Å²) in [6.45, 7) is 7.79. The van der Waals surface area contributed by atoms with E-state index in [-0.39, 0.29) is 4.90 Å². The van der Waals surface area contributed by atoms with Crippen LogP contribution in [0.15, 0.2) is 51.9 Å². The van der Waals surface area contributed by atoms with Gasteiger partial charge in [-0.3, -0.25) is 4.72 Å². The van der Waals surface area contributed by atoms with Crippen molar-refractivity contribution in [2.24, 2.45) is 0 Å². The smallest absolute Gasteiger partial charge is 0.262 e. The van der Waals surface area contributed by atoms with Gasteiger partial charge in [0.05, 0.1) is 22.9 Å². The molecule has 0 aliphatic carbocycles. The molecular formula is C20H22N2O4S. The van der Waals surface area contributed by atoms with E-state index in [0.717, 1.165) is 11.3 Å². The Bertz CT molecular complexity index is 1070. The number of para-hydroxylation sites is 2. The molecule has 1 N–H and O–H groups in total. The van der Waals surface area contributed by atoms with Gasteiger partial charge in [0.2, 0.25) is 0 Å². The van der Waals surface area contributed by atoms with Crippen LogP contribution in [0.5, 0.6) is 5.75 Å². The molecule has 0 aliphatic heterocycles. The summed E-state index contributed by atoms with van der Waals surface area (Å²) in [6.07, 6.45) is 0. The Balaban J connectivity index is 2.02. The zero-order valence-corrected chi connectivity index (χ0v) is 16.6. The van der Waals surface area contributed by atoms with Crippen LogP contribution in [0.4, 0.5) is 5.69 Å². The molecule has 0 atom stereocenters. The Kier molecular flexibility index (Phi) is 5.23. The summed E-state index contributed by atoms with van der Waals surface area (Å²) in [5, 5.41) is 3.95. The van der Waals surface area contributed by atoms with Gasteiger partial charge >= 0.3 is 0 Å². The van der Waals surface area contributed by atoms with Crippen LogP contribution in [-0.2, 0) is 10.0 Å². The van der Waals surface area contributed by atoms with E-state index in [2.05, 4.69) is 9.88 Å². The molecule has 0 radical (unpaired) electrons. The number of hydrogen-bond acceptors (Lipinski definition) is 5. The number of anilines is 1. The SMILES string of the molecule is CCOc1ccccc1NS(=O)(=O)c1cc(-c2onc(C)c2C)ccc1C. The Morgan fingerprint density at radius 1 is 1.11 bits per heavy atom. The molecule has 0 bridgehead atoms. The van der Waals surface area contributed by atoms with E-state index < -0.39 is 10.0 Å². The second-order valence-electron chi connectivity index (χ2n) is 6.24. The monoisotopic (exact) mass is 386 g/mol. The molecule has 1 heterocycles. The van der Waals surface area contributed by atoms with Gasteiger partial charge in [-0.1, -0.05) is 29.4 Å². The lowest BCUT2D eigenvalue weighted by atomic mass is 10.1. The summed E-state index contributed by atoms with van der Waals surface area (Å²) in [7, 11) is -3.81. The van der Waals surface area contributed by atoms with E-state index in [4.69, 9.17) is 9.26 Å². The van der Waals surface area contributed by atoms with Crippen LogP contribution >= 0.6 is 0 Å². The average molecular weight is 386 g/mol. The Hall–Kier alpha value is -2.80. The summed E-state index contributed by atoms with van der Waals surface area (Å²) in [5.41, 5.74) is 3.36. The maximum atomic E-state index is 13.0. The molecule has 6 nitrogen and oxygen atoms in total. The van der Waals surface area contributed by atoms with Crippen molar-refractivity contribution < 1.29 is 17.7 Å². The highest BCUT2D eigenvalue weighted by molar-refractivity contribution is 7.92. The van der Waals surface area contributed by atoms with Gasteiger partial charge in [0.1, 0.15) is 5.75 Å². The molecule has 0 aliphatic rings. The van der Waals surface area contributed by atoms with Gasteiger partial charge in [-0.2, -0.15) is 0 Å². The van der Waals surface area contributed by atoms with Crippen molar-refractivity contribution in [3.63, 3.8) is 0 Å². The highest BCUT2D eigenvalue weighted by atomic mass is 32.2. The normalized spacial score (nSPS) is 11.4. The molecule has 0 fully saturated rings. The summed E-state index contributed by atoms with van der Waals surface area (Å²) in [4.78, 5) is 0.180. The van der Waals surface area contributed by atoms with Gasteiger partial charge in [-0.15, -0.1) is 0 Å². The summed E-state index contributed by atoms with van der Waals surface area (Å²) >= 11 is 0. The second kappa shape index (κ2) is 7.44. The minimum absolute atomic E-state index is 0.180. The third kappa shape index (κ3) is 3.83. The van der Waals surface area contributed by atoms with E-state index in [0.29, 0.717) is 34.9 Å². The van der Waals surface area contributed by atoms with E-state index in [1.165, 1.54) is 0 Å². The maximum Gasteiger partial charge on any atom is 0.262 e. The number of benzene rings is 2. The molecule has 142 valence electrons. The van der Waals surface area contributed by atoms with Crippen molar-refractivity contribution in [1.82, 2.24) is 5.16 Å². The molecule has 0 amide bonds. The van der Waals surface area contributed by atoms with Gasteiger partial charge < -0.3 is 9.26 Å². The van der Waals surface area contributed by atoms with Crippen molar-refractivity contribution >= 4 is 15.7 Å².